The van der Waals surface area contributed by atoms with Gasteiger partial charge in [0.15, 0.2) is 0 Å². The first-order chi connectivity index (χ1) is 8.91. The van der Waals surface area contributed by atoms with Gasteiger partial charge in [0.25, 0.3) is 0 Å². The van der Waals surface area contributed by atoms with Crippen molar-refractivity contribution in [2.24, 2.45) is 5.92 Å². The van der Waals surface area contributed by atoms with E-state index in [9.17, 15) is 9.59 Å². The zero-order chi connectivity index (χ0) is 14.4. The number of benzene rings is 1. The Balaban J connectivity index is 2.71. The van der Waals surface area contributed by atoms with E-state index in [1.54, 1.807) is 11.9 Å². The van der Waals surface area contributed by atoms with Crippen molar-refractivity contribution in [3.63, 3.8) is 0 Å². The molecule has 2 amide bonds. The van der Waals surface area contributed by atoms with Gasteiger partial charge in [-0.2, -0.15) is 0 Å². The van der Waals surface area contributed by atoms with E-state index in [1.165, 1.54) is 6.92 Å². The van der Waals surface area contributed by atoms with Gasteiger partial charge < -0.3 is 10.2 Å². The van der Waals surface area contributed by atoms with Gasteiger partial charge in [-0.05, 0) is 11.5 Å². The quantitative estimate of drug-likeness (QED) is 0.879. The zero-order valence-electron chi connectivity index (χ0n) is 12.0. The molecule has 1 atom stereocenters. The monoisotopic (exact) mass is 262 g/mol. The van der Waals surface area contributed by atoms with Crippen LogP contribution in [0.4, 0.5) is 0 Å². The molecule has 0 saturated heterocycles. The molecule has 1 N–H and O–H groups in total. The highest BCUT2D eigenvalue weighted by Gasteiger charge is 2.25. The third-order valence-electron chi connectivity index (χ3n) is 2.93. The maximum Gasteiger partial charge on any atom is 0.245 e. The molecule has 104 valence electrons. The third-order valence-corrected chi connectivity index (χ3v) is 2.93. The second kappa shape index (κ2) is 6.92. The molecule has 0 heterocycles. The van der Waals surface area contributed by atoms with E-state index in [4.69, 9.17) is 0 Å². The standard InChI is InChI=1S/C15H22N2O2/c1-11(2)14(16-12(3)18)15(19)17(4)10-13-8-6-5-7-9-13/h5-9,11,14H,10H2,1-4H3,(H,16,18). The minimum Gasteiger partial charge on any atom is -0.344 e. The Kier molecular flexibility index (Phi) is 5.55. The van der Waals surface area contributed by atoms with Crippen LogP contribution >= 0.6 is 0 Å². The Morgan fingerprint density at radius 1 is 1.21 bits per heavy atom. The lowest BCUT2D eigenvalue weighted by atomic mass is 10.0. The van der Waals surface area contributed by atoms with Gasteiger partial charge in [-0.15, -0.1) is 0 Å². The van der Waals surface area contributed by atoms with Crippen molar-refractivity contribution in [3.05, 3.63) is 35.9 Å². The predicted octanol–water partition coefficient (Wildman–Crippen LogP) is 1.81. The molecule has 4 heteroatoms. The molecule has 1 unspecified atom stereocenters. The van der Waals surface area contributed by atoms with E-state index < -0.39 is 6.04 Å². The van der Waals surface area contributed by atoms with Gasteiger partial charge in [0.2, 0.25) is 11.8 Å². The van der Waals surface area contributed by atoms with Gasteiger partial charge in [-0.1, -0.05) is 44.2 Å². The van der Waals surface area contributed by atoms with Crippen molar-refractivity contribution in [1.29, 1.82) is 0 Å². The molecule has 0 fully saturated rings. The van der Waals surface area contributed by atoms with Gasteiger partial charge >= 0.3 is 0 Å². The van der Waals surface area contributed by atoms with Gasteiger partial charge in [0.1, 0.15) is 6.04 Å². The molecule has 1 aromatic rings. The van der Waals surface area contributed by atoms with Gasteiger partial charge in [0.05, 0.1) is 0 Å². The van der Waals surface area contributed by atoms with Crippen molar-refractivity contribution in [2.75, 3.05) is 7.05 Å². The molecular formula is C15H22N2O2. The summed E-state index contributed by atoms with van der Waals surface area (Å²) in [6.07, 6.45) is 0. The fourth-order valence-corrected chi connectivity index (χ4v) is 1.91. The molecule has 0 aliphatic heterocycles. The molecule has 0 radical (unpaired) electrons. The van der Waals surface area contributed by atoms with E-state index in [0.717, 1.165) is 5.56 Å². The average molecular weight is 262 g/mol. The van der Waals surface area contributed by atoms with Crippen molar-refractivity contribution in [1.82, 2.24) is 10.2 Å². The molecule has 4 nitrogen and oxygen atoms in total. The van der Waals surface area contributed by atoms with Crippen LogP contribution in [0.5, 0.6) is 0 Å². The van der Waals surface area contributed by atoms with Crippen LogP contribution < -0.4 is 5.32 Å². The Hall–Kier alpha value is -1.84. The highest BCUT2D eigenvalue weighted by Crippen LogP contribution is 2.09. The van der Waals surface area contributed by atoms with Crippen LogP contribution in [0.1, 0.15) is 26.3 Å². The van der Waals surface area contributed by atoms with Gasteiger partial charge in [-0.3, -0.25) is 9.59 Å². The average Bonchev–Trinajstić information content (AvgIpc) is 2.35. The number of hydrogen-bond acceptors (Lipinski definition) is 2. The Morgan fingerprint density at radius 2 is 1.79 bits per heavy atom. The molecule has 1 rings (SSSR count). The highest BCUT2D eigenvalue weighted by molar-refractivity contribution is 5.86. The van der Waals surface area contributed by atoms with Crippen LogP contribution in [0.15, 0.2) is 30.3 Å². The molecule has 1 aromatic carbocycles. The second-order valence-electron chi connectivity index (χ2n) is 5.10. The summed E-state index contributed by atoms with van der Waals surface area (Å²) < 4.78 is 0. The molecule has 0 aromatic heterocycles. The van der Waals surface area contributed by atoms with Crippen LogP contribution in [0, 0.1) is 5.92 Å². The molecular weight excluding hydrogens is 240 g/mol. The summed E-state index contributed by atoms with van der Waals surface area (Å²) in [7, 11) is 1.76. The lowest BCUT2D eigenvalue weighted by Crippen LogP contribution is -2.49. The first-order valence-corrected chi connectivity index (χ1v) is 6.47. The summed E-state index contributed by atoms with van der Waals surface area (Å²) in [5, 5.41) is 2.72. The van der Waals surface area contributed by atoms with Gasteiger partial charge in [-0.25, -0.2) is 0 Å². The first-order valence-electron chi connectivity index (χ1n) is 6.47. The van der Waals surface area contributed by atoms with E-state index in [-0.39, 0.29) is 17.7 Å². The maximum absolute atomic E-state index is 12.3. The third kappa shape index (κ3) is 4.73. The number of nitrogens with zero attached hydrogens (tertiary/aromatic N) is 1. The number of carbonyl (C=O) groups is 2. The number of rotatable bonds is 5. The molecule has 0 spiro atoms. The summed E-state index contributed by atoms with van der Waals surface area (Å²) >= 11 is 0. The van der Waals surface area contributed by atoms with Crippen molar-refractivity contribution < 1.29 is 9.59 Å². The van der Waals surface area contributed by atoms with Crippen molar-refractivity contribution >= 4 is 11.8 Å². The summed E-state index contributed by atoms with van der Waals surface area (Å²) in [5.41, 5.74) is 1.07. The van der Waals surface area contributed by atoms with Crippen LogP contribution in [0.3, 0.4) is 0 Å². The number of likely N-dealkylation sites (N-methyl/N-ethyl adjacent to an activating group) is 1. The molecule has 0 aliphatic carbocycles. The van der Waals surface area contributed by atoms with Crippen molar-refractivity contribution in [3.8, 4) is 0 Å². The Bertz CT molecular complexity index is 429. The SMILES string of the molecule is CC(=O)NC(C(=O)N(C)Cc1ccccc1)C(C)C. The number of hydrogen-bond donors (Lipinski definition) is 1. The minimum absolute atomic E-state index is 0.0611. The molecule has 0 saturated carbocycles. The fraction of sp³-hybridized carbons (Fsp3) is 0.467. The summed E-state index contributed by atoms with van der Waals surface area (Å²) in [5.74, 6) is -0.177. The largest absolute Gasteiger partial charge is 0.344 e. The normalized spacial score (nSPS) is 12.1. The second-order valence-corrected chi connectivity index (χ2v) is 5.10. The molecule has 19 heavy (non-hydrogen) atoms. The summed E-state index contributed by atoms with van der Waals surface area (Å²) in [6.45, 7) is 5.83. The molecule has 0 aliphatic rings. The maximum atomic E-state index is 12.3. The number of amides is 2. The van der Waals surface area contributed by atoms with E-state index in [1.807, 2.05) is 44.2 Å². The van der Waals surface area contributed by atoms with E-state index >= 15 is 0 Å². The highest BCUT2D eigenvalue weighted by atomic mass is 16.2. The minimum atomic E-state index is -0.466. The Labute approximate surface area is 114 Å². The van der Waals surface area contributed by atoms with Crippen LogP contribution in [0.25, 0.3) is 0 Å². The van der Waals surface area contributed by atoms with E-state index in [0.29, 0.717) is 6.54 Å². The van der Waals surface area contributed by atoms with Crippen LogP contribution in [0.2, 0.25) is 0 Å². The zero-order valence-corrected chi connectivity index (χ0v) is 12.0. The van der Waals surface area contributed by atoms with E-state index in [2.05, 4.69) is 5.32 Å². The number of carbonyl (C=O) groups excluding carboxylic acids is 2. The lowest BCUT2D eigenvalue weighted by molar-refractivity contribution is -0.136. The smallest absolute Gasteiger partial charge is 0.245 e. The fourth-order valence-electron chi connectivity index (χ4n) is 1.91. The topological polar surface area (TPSA) is 49.4 Å². The first kappa shape index (κ1) is 15.2. The number of nitrogens with one attached hydrogen (secondary N) is 1. The van der Waals surface area contributed by atoms with Crippen LogP contribution in [-0.4, -0.2) is 29.8 Å². The summed E-state index contributed by atoms with van der Waals surface area (Å²) in [4.78, 5) is 25.1. The van der Waals surface area contributed by atoms with Gasteiger partial charge in [0, 0.05) is 20.5 Å². The molecule has 0 bridgehead atoms. The van der Waals surface area contributed by atoms with Crippen LogP contribution in [-0.2, 0) is 16.1 Å². The summed E-state index contributed by atoms with van der Waals surface area (Å²) in [6, 6.07) is 9.33. The van der Waals surface area contributed by atoms with Crippen molar-refractivity contribution in [2.45, 2.75) is 33.4 Å². The Morgan fingerprint density at radius 3 is 2.26 bits per heavy atom. The predicted molar refractivity (Wildman–Crippen MR) is 75.4 cm³/mol. The lowest BCUT2D eigenvalue weighted by Gasteiger charge is -2.26.